The Labute approximate surface area is 211 Å². The molecule has 186 valence electrons. The number of hydrazine groups is 1. The van der Waals surface area contributed by atoms with Crippen molar-refractivity contribution in [3.05, 3.63) is 64.9 Å². The summed E-state index contributed by atoms with van der Waals surface area (Å²) < 4.78 is 5.57. The number of aromatic nitrogens is 2. The van der Waals surface area contributed by atoms with Crippen LogP contribution in [0.15, 0.2) is 48.8 Å². The van der Waals surface area contributed by atoms with E-state index in [4.69, 9.17) is 27.2 Å². The number of aldehydes is 1. The molecule has 0 aliphatic carbocycles. The molecule has 0 spiro atoms. The number of fused-ring (bicyclic) bond motifs is 1. The highest BCUT2D eigenvalue weighted by Gasteiger charge is 2.28. The first kappa shape index (κ1) is 24.9. The van der Waals surface area contributed by atoms with E-state index in [9.17, 15) is 14.4 Å². The van der Waals surface area contributed by atoms with Gasteiger partial charge >= 0.3 is 6.09 Å². The number of nitrogens with one attached hydrogen (secondary N) is 1. The van der Waals surface area contributed by atoms with E-state index in [1.54, 1.807) is 4.90 Å². The summed E-state index contributed by atoms with van der Waals surface area (Å²) in [6, 6.07) is 13.0. The summed E-state index contributed by atoms with van der Waals surface area (Å²) in [5.41, 5.74) is 12.0. The first-order valence-electron chi connectivity index (χ1n) is 11.0. The summed E-state index contributed by atoms with van der Waals surface area (Å²) in [5.74, 6) is -0.0953. The van der Waals surface area contributed by atoms with Crippen molar-refractivity contribution in [2.24, 2.45) is 0 Å². The van der Waals surface area contributed by atoms with Crippen molar-refractivity contribution in [2.75, 3.05) is 36.9 Å². The van der Waals surface area contributed by atoms with Gasteiger partial charge in [-0.1, -0.05) is 35.9 Å². The van der Waals surface area contributed by atoms with Gasteiger partial charge in [-0.3, -0.25) is 4.79 Å². The highest BCUT2D eigenvalue weighted by atomic mass is 35.5. The maximum absolute atomic E-state index is 13.1. The molecule has 1 aromatic heterocycles. The number of nitrogen functional groups attached to an aromatic ring is 1. The summed E-state index contributed by atoms with van der Waals surface area (Å²) in [5, 5.41) is 10.4. The van der Waals surface area contributed by atoms with Crippen LogP contribution in [0.4, 0.5) is 16.3 Å². The maximum Gasteiger partial charge on any atom is 0.422 e. The fraction of sp³-hybridized carbons (Fsp3) is 0.208. The van der Waals surface area contributed by atoms with E-state index >= 15 is 0 Å². The molecule has 0 saturated carbocycles. The van der Waals surface area contributed by atoms with Gasteiger partial charge in [-0.25, -0.2) is 25.2 Å². The molecule has 12 heteroatoms. The van der Waals surface area contributed by atoms with E-state index in [2.05, 4.69) is 15.4 Å². The Bertz CT molecular complexity index is 1290. The van der Waals surface area contributed by atoms with E-state index in [1.807, 2.05) is 42.5 Å². The zero-order valence-corrected chi connectivity index (χ0v) is 19.8. The lowest BCUT2D eigenvalue weighted by atomic mass is 10.0. The van der Waals surface area contributed by atoms with E-state index in [-0.39, 0.29) is 36.3 Å². The predicted octanol–water partition coefficient (Wildman–Crippen LogP) is 2.64. The summed E-state index contributed by atoms with van der Waals surface area (Å²) in [4.78, 5) is 44.2. The maximum atomic E-state index is 13.1. The van der Waals surface area contributed by atoms with E-state index in [0.717, 1.165) is 21.7 Å². The topological polar surface area (TPSA) is 151 Å². The van der Waals surface area contributed by atoms with Crippen molar-refractivity contribution >= 4 is 41.4 Å². The molecule has 0 fully saturated rings. The van der Waals surface area contributed by atoms with Gasteiger partial charge in [-0.15, -0.1) is 0 Å². The van der Waals surface area contributed by atoms with Crippen LogP contribution < -0.4 is 20.8 Å². The lowest BCUT2D eigenvalue weighted by Gasteiger charge is -2.20. The molecular formula is C24H23ClN6O5. The fourth-order valence-corrected chi connectivity index (χ4v) is 4.11. The number of carbonyl (C=O) groups excluding carboxylic acids is 2. The molecule has 36 heavy (non-hydrogen) atoms. The number of ether oxygens (including phenoxy) is 1. The van der Waals surface area contributed by atoms with Crippen molar-refractivity contribution in [3.8, 4) is 17.0 Å². The predicted molar refractivity (Wildman–Crippen MR) is 133 cm³/mol. The van der Waals surface area contributed by atoms with Gasteiger partial charge in [0.15, 0.2) is 0 Å². The molecule has 2 amide bonds. The second kappa shape index (κ2) is 11.0. The Morgan fingerprint density at radius 1 is 1.25 bits per heavy atom. The number of carboxylic acid groups (broad SMARTS) is 1. The monoisotopic (exact) mass is 510 g/mol. The third-order valence-corrected chi connectivity index (χ3v) is 5.90. The second-order valence-corrected chi connectivity index (χ2v) is 8.23. The molecule has 4 rings (SSSR count). The molecule has 4 N–H and O–H groups in total. The number of nitrogens with two attached hydrogens (primary N) is 1. The molecule has 0 radical (unpaired) electrons. The molecule has 0 unspecified atom stereocenters. The van der Waals surface area contributed by atoms with Crippen LogP contribution in [0.5, 0.6) is 5.88 Å². The van der Waals surface area contributed by atoms with Gasteiger partial charge in [0.2, 0.25) is 5.88 Å². The fourth-order valence-electron chi connectivity index (χ4n) is 3.80. The average Bonchev–Trinajstić information content (AvgIpc) is 3.03. The minimum absolute atomic E-state index is 0.0648. The van der Waals surface area contributed by atoms with Crippen LogP contribution in [0.1, 0.15) is 15.9 Å². The number of carbonyl (C=O) groups is 3. The quantitative estimate of drug-likeness (QED) is 0.307. The normalized spacial score (nSPS) is 12.9. The van der Waals surface area contributed by atoms with Crippen molar-refractivity contribution in [1.82, 2.24) is 20.4 Å². The minimum atomic E-state index is -1.23. The summed E-state index contributed by atoms with van der Waals surface area (Å²) in [6.07, 6.45) is 1.05. The summed E-state index contributed by atoms with van der Waals surface area (Å²) >= 11 is 6.53. The molecule has 0 bridgehead atoms. The number of nitrogens with zero attached hydrogens (tertiary/aromatic N) is 4. The first-order valence-corrected chi connectivity index (χ1v) is 11.4. The van der Waals surface area contributed by atoms with Crippen LogP contribution in [0.3, 0.4) is 0 Å². The van der Waals surface area contributed by atoms with Crippen LogP contribution in [-0.2, 0) is 11.2 Å². The molecule has 3 aromatic rings. The lowest BCUT2D eigenvalue weighted by molar-refractivity contribution is -0.109. The Morgan fingerprint density at radius 2 is 2.03 bits per heavy atom. The Morgan fingerprint density at radius 3 is 2.72 bits per heavy atom. The minimum Gasteiger partial charge on any atom is -0.475 e. The van der Waals surface area contributed by atoms with Crippen LogP contribution in [0.25, 0.3) is 11.1 Å². The summed E-state index contributed by atoms with van der Waals surface area (Å²) in [7, 11) is 0. The average molecular weight is 511 g/mol. The van der Waals surface area contributed by atoms with E-state index in [0.29, 0.717) is 36.5 Å². The van der Waals surface area contributed by atoms with E-state index < -0.39 is 6.09 Å². The zero-order valence-electron chi connectivity index (χ0n) is 19.1. The smallest absolute Gasteiger partial charge is 0.422 e. The zero-order chi connectivity index (χ0) is 25.7. The number of anilines is 2. The van der Waals surface area contributed by atoms with Crippen molar-refractivity contribution in [2.45, 2.75) is 6.42 Å². The molecule has 11 nitrogen and oxygen atoms in total. The van der Waals surface area contributed by atoms with Crippen molar-refractivity contribution in [3.63, 3.8) is 0 Å². The third kappa shape index (κ3) is 5.37. The van der Waals surface area contributed by atoms with Crippen LogP contribution >= 0.6 is 11.6 Å². The third-order valence-electron chi connectivity index (χ3n) is 5.58. The number of amides is 2. The highest BCUT2D eigenvalue weighted by molar-refractivity contribution is 6.33. The van der Waals surface area contributed by atoms with Crippen LogP contribution in [0, 0.1) is 0 Å². The second-order valence-electron chi connectivity index (χ2n) is 7.82. The number of halogens is 1. The van der Waals surface area contributed by atoms with Gasteiger partial charge in [-0.2, -0.15) is 0 Å². The SMILES string of the molecule is Nc1ncnc2c1C(=O)N(c1ccc(-c3ccc(CCNN(CC=O)C(=O)O)cc3Cl)cc1)CCO2. The molecule has 0 atom stereocenters. The van der Waals surface area contributed by atoms with Crippen molar-refractivity contribution < 1.29 is 24.2 Å². The van der Waals surface area contributed by atoms with Crippen molar-refractivity contribution in [1.29, 1.82) is 0 Å². The van der Waals surface area contributed by atoms with Gasteiger partial charge in [0.05, 0.1) is 13.1 Å². The van der Waals surface area contributed by atoms with Crippen LogP contribution in [-0.4, -0.2) is 64.6 Å². The molecule has 1 aliphatic heterocycles. The number of rotatable bonds is 8. The number of hydrogen-bond acceptors (Lipinski definition) is 8. The Balaban J connectivity index is 1.46. The van der Waals surface area contributed by atoms with Gasteiger partial charge in [-0.05, 0) is 35.7 Å². The Hall–Kier alpha value is -4.22. The highest BCUT2D eigenvalue weighted by Crippen LogP contribution is 2.32. The van der Waals surface area contributed by atoms with Gasteiger partial charge in [0.25, 0.3) is 5.91 Å². The largest absolute Gasteiger partial charge is 0.475 e. The van der Waals surface area contributed by atoms with Gasteiger partial charge in [0, 0.05) is 22.8 Å². The standard InChI is InChI=1S/C24H23ClN6O5/c25-19-13-15(7-8-29-31(9-11-32)24(34)35)1-6-18(19)16-2-4-17(5-3-16)30-10-12-36-22-20(23(30)33)21(26)27-14-28-22/h1-6,11,13-14,29H,7-10,12H2,(H,34,35)(H2,26,27,28). The molecular weight excluding hydrogens is 488 g/mol. The number of benzene rings is 2. The molecule has 2 aromatic carbocycles. The summed E-state index contributed by atoms with van der Waals surface area (Å²) in [6.45, 7) is 0.646. The lowest BCUT2D eigenvalue weighted by Crippen LogP contribution is -2.44. The van der Waals surface area contributed by atoms with Crippen LogP contribution in [0.2, 0.25) is 5.02 Å². The molecule has 1 aliphatic rings. The molecule has 2 heterocycles. The number of hydrogen-bond donors (Lipinski definition) is 3. The van der Waals surface area contributed by atoms with E-state index in [1.165, 1.54) is 6.33 Å². The molecule has 0 saturated heterocycles. The van der Waals surface area contributed by atoms with Gasteiger partial charge in [0.1, 0.15) is 30.6 Å². The first-order chi connectivity index (χ1) is 17.4. The Kier molecular flexibility index (Phi) is 7.62. The van der Waals surface area contributed by atoms with Gasteiger partial charge < -0.3 is 25.3 Å².